The van der Waals surface area contributed by atoms with Gasteiger partial charge in [0.1, 0.15) is 0 Å². The van der Waals surface area contributed by atoms with Crippen LogP contribution in [0.25, 0.3) is 0 Å². The summed E-state index contributed by atoms with van der Waals surface area (Å²) >= 11 is 0. The molecule has 0 amide bonds. The van der Waals surface area contributed by atoms with Gasteiger partial charge in [-0.15, -0.1) is 7.92 Å². The van der Waals surface area contributed by atoms with Gasteiger partial charge in [-0.1, -0.05) is 0 Å². The number of hydrogen-bond acceptors (Lipinski definition) is 2. The summed E-state index contributed by atoms with van der Waals surface area (Å²) in [6, 6.07) is 3.23. The van der Waals surface area contributed by atoms with E-state index in [1.165, 1.54) is 0 Å². The highest BCUT2D eigenvalue weighted by Gasteiger charge is 2.95. The van der Waals surface area contributed by atoms with Gasteiger partial charge in [0.25, 0.3) is 0 Å². The highest BCUT2D eigenvalue weighted by Crippen LogP contribution is 2.64. The fourth-order valence-electron chi connectivity index (χ4n) is 2.63. The second-order valence-electron chi connectivity index (χ2n) is 7.41. The van der Waals surface area contributed by atoms with Gasteiger partial charge in [-0.2, -0.15) is 85.2 Å². The fraction of sp³-hybridized carbons (Fsp3) is 0.882. The van der Waals surface area contributed by atoms with Crippen molar-refractivity contribution in [3.8, 4) is 12.1 Å². The lowest BCUT2D eigenvalue weighted by Gasteiger charge is -2.42. The standard InChI is InChI=1S/C17H14F17N2P/c18-10(19,4-1-7-37(8-2-5-35)9-3-6-36)11(20,21)12(22,23)13(24,25)14(26,27)15(28,29)16(30,31)17(32,33)34/h1-4,7-9H2. The number of nitrogens with zero attached hydrogens (tertiary/aromatic N) is 2. The van der Waals surface area contributed by atoms with Crippen LogP contribution < -0.4 is 0 Å². The zero-order valence-corrected chi connectivity index (χ0v) is 18.6. The first-order chi connectivity index (χ1) is 16.2. The molecular formula is C17H14F17N2P. The molecule has 0 aromatic carbocycles. The average molecular weight is 600 g/mol. The Labute approximate surface area is 198 Å². The lowest BCUT2D eigenvalue weighted by molar-refractivity contribution is -0.461. The maximum Gasteiger partial charge on any atom is 0.460 e. The first-order valence-electron chi connectivity index (χ1n) is 9.42. The van der Waals surface area contributed by atoms with E-state index in [0.29, 0.717) is 0 Å². The molecule has 2 nitrogen and oxygen atoms in total. The third kappa shape index (κ3) is 6.11. The Morgan fingerprint density at radius 3 is 1.11 bits per heavy atom. The largest absolute Gasteiger partial charge is 0.460 e. The summed E-state index contributed by atoms with van der Waals surface area (Å²) in [5.74, 6) is -56.3. The lowest BCUT2D eigenvalue weighted by Crippen LogP contribution is -2.74. The van der Waals surface area contributed by atoms with Crippen molar-refractivity contribution in [2.75, 3.05) is 18.5 Å². The van der Waals surface area contributed by atoms with E-state index >= 15 is 0 Å². The Morgan fingerprint density at radius 1 is 0.459 bits per heavy atom. The zero-order chi connectivity index (χ0) is 29.9. The summed E-state index contributed by atoms with van der Waals surface area (Å²) in [7, 11) is -1.54. The minimum Gasteiger partial charge on any atom is -0.200 e. The van der Waals surface area contributed by atoms with Crippen LogP contribution in [-0.4, -0.2) is 66.1 Å². The van der Waals surface area contributed by atoms with Crippen molar-refractivity contribution < 1.29 is 74.6 Å². The Morgan fingerprint density at radius 2 is 0.784 bits per heavy atom. The number of rotatable bonds is 14. The van der Waals surface area contributed by atoms with E-state index in [1.807, 2.05) is 0 Å². The molecule has 0 unspecified atom stereocenters. The van der Waals surface area contributed by atoms with E-state index in [1.54, 1.807) is 12.1 Å². The molecule has 0 rings (SSSR count). The van der Waals surface area contributed by atoms with E-state index in [4.69, 9.17) is 10.5 Å². The summed E-state index contributed by atoms with van der Waals surface area (Å²) in [6.07, 6.45) is -12.6. The molecule has 0 aliphatic rings. The van der Waals surface area contributed by atoms with Gasteiger partial charge in [-0.3, -0.25) is 0 Å². The molecule has 0 N–H and O–H groups in total. The van der Waals surface area contributed by atoms with Crippen LogP contribution in [0.5, 0.6) is 0 Å². The van der Waals surface area contributed by atoms with Gasteiger partial charge in [0.2, 0.25) is 0 Å². The summed E-state index contributed by atoms with van der Waals surface area (Å²) in [4.78, 5) is 0. The molecule has 216 valence electrons. The maximum atomic E-state index is 13.9. The van der Waals surface area contributed by atoms with Crippen molar-refractivity contribution in [2.24, 2.45) is 0 Å². The SMILES string of the molecule is N#CCCP(CCC#N)CCCC(F)(F)C(F)(F)C(F)(F)C(F)(F)C(F)(F)C(F)(F)C(F)(F)C(F)(F)F. The number of halogens is 17. The molecular weight excluding hydrogens is 586 g/mol. The number of alkyl halides is 17. The second kappa shape index (κ2) is 11.1. The van der Waals surface area contributed by atoms with Crippen molar-refractivity contribution in [3.63, 3.8) is 0 Å². The quantitative estimate of drug-likeness (QED) is 0.150. The van der Waals surface area contributed by atoms with Gasteiger partial charge >= 0.3 is 47.6 Å². The fourth-order valence-corrected chi connectivity index (χ4v) is 4.74. The van der Waals surface area contributed by atoms with Crippen LogP contribution in [0.3, 0.4) is 0 Å². The number of hydrogen-bond donors (Lipinski definition) is 0. The predicted octanol–water partition coefficient (Wildman–Crippen LogP) is 8.09. The van der Waals surface area contributed by atoms with Crippen LogP contribution in [0.2, 0.25) is 0 Å². The van der Waals surface area contributed by atoms with Crippen molar-refractivity contribution in [1.29, 1.82) is 10.5 Å². The molecule has 0 atom stereocenters. The smallest absolute Gasteiger partial charge is 0.200 e. The van der Waals surface area contributed by atoms with Gasteiger partial charge in [0, 0.05) is 19.3 Å². The molecule has 0 aromatic heterocycles. The Balaban J connectivity index is 6.16. The van der Waals surface area contributed by atoms with Gasteiger partial charge in [0.15, 0.2) is 0 Å². The van der Waals surface area contributed by atoms with Crippen LogP contribution >= 0.6 is 7.92 Å². The molecule has 37 heavy (non-hydrogen) atoms. The van der Waals surface area contributed by atoms with Gasteiger partial charge in [-0.25, -0.2) is 0 Å². The summed E-state index contributed by atoms with van der Waals surface area (Å²) in [6.45, 7) is 0. The van der Waals surface area contributed by atoms with Crippen molar-refractivity contribution in [1.82, 2.24) is 0 Å². The second-order valence-corrected chi connectivity index (χ2v) is 10.1. The normalized spacial score (nSPS) is 15.0. The minimum atomic E-state index is -8.63. The zero-order valence-electron chi connectivity index (χ0n) is 17.7. The van der Waals surface area contributed by atoms with E-state index in [-0.39, 0.29) is 25.2 Å². The molecule has 0 bridgehead atoms. The first-order valence-corrected chi connectivity index (χ1v) is 11.3. The Kier molecular flexibility index (Phi) is 10.6. The molecule has 0 saturated heterocycles. The maximum absolute atomic E-state index is 13.9. The van der Waals surface area contributed by atoms with Gasteiger partial charge < -0.3 is 0 Å². The molecule has 0 spiro atoms. The molecule has 0 heterocycles. The monoisotopic (exact) mass is 600 g/mol. The van der Waals surface area contributed by atoms with Gasteiger partial charge in [0.05, 0.1) is 12.1 Å². The highest BCUT2D eigenvalue weighted by atomic mass is 31.1. The third-order valence-corrected chi connectivity index (χ3v) is 7.49. The van der Waals surface area contributed by atoms with Crippen molar-refractivity contribution >= 4 is 7.92 Å². The Bertz CT molecular complexity index is 835. The van der Waals surface area contributed by atoms with Crippen LogP contribution in [0.4, 0.5) is 74.6 Å². The highest BCUT2D eigenvalue weighted by molar-refractivity contribution is 7.57. The molecule has 0 aliphatic carbocycles. The van der Waals surface area contributed by atoms with E-state index < -0.39 is 74.6 Å². The van der Waals surface area contributed by atoms with Crippen LogP contribution in [-0.2, 0) is 0 Å². The Hall–Kier alpha value is -1.78. The van der Waals surface area contributed by atoms with E-state index in [2.05, 4.69) is 0 Å². The predicted molar refractivity (Wildman–Crippen MR) is 91.9 cm³/mol. The molecule has 0 fully saturated rings. The van der Waals surface area contributed by atoms with Crippen molar-refractivity contribution in [2.45, 2.75) is 73.3 Å². The molecule has 0 saturated carbocycles. The summed E-state index contributed by atoms with van der Waals surface area (Å²) in [5, 5.41) is 17.0. The molecule has 20 heteroatoms. The lowest BCUT2D eigenvalue weighted by atomic mass is 9.88. The van der Waals surface area contributed by atoms with Crippen molar-refractivity contribution in [3.05, 3.63) is 0 Å². The summed E-state index contributed by atoms with van der Waals surface area (Å²) < 4.78 is 225. The van der Waals surface area contributed by atoms with Crippen LogP contribution in [0.1, 0.15) is 25.7 Å². The van der Waals surface area contributed by atoms with Gasteiger partial charge in [-0.05, 0) is 24.9 Å². The first kappa shape index (κ1) is 35.2. The van der Waals surface area contributed by atoms with E-state index in [0.717, 1.165) is 0 Å². The minimum absolute atomic E-state index is 0.0571. The average Bonchev–Trinajstić information content (AvgIpc) is 2.73. The third-order valence-electron chi connectivity index (χ3n) is 4.83. The molecule has 0 radical (unpaired) electrons. The number of nitriles is 2. The molecule has 0 aromatic rings. The topological polar surface area (TPSA) is 47.6 Å². The molecule has 0 aliphatic heterocycles. The summed E-state index contributed by atoms with van der Waals surface area (Å²) in [5.41, 5.74) is 0. The van der Waals surface area contributed by atoms with Crippen LogP contribution in [0.15, 0.2) is 0 Å². The van der Waals surface area contributed by atoms with E-state index in [9.17, 15) is 74.6 Å². The van der Waals surface area contributed by atoms with Crippen LogP contribution in [0, 0.1) is 22.7 Å².